The highest BCUT2D eigenvalue weighted by Crippen LogP contribution is 2.35. The van der Waals surface area contributed by atoms with Crippen LogP contribution in [0.2, 0.25) is 0 Å². The van der Waals surface area contributed by atoms with Crippen molar-refractivity contribution in [1.29, 1.82) is 0 Å². The number of para-hydroxylation sites is 1. The van der Waals surface area contributed by atoms with E-state index in [0.29, 0.717) is 23.2 Å². The van der Waals surface area contributed by atoms with Gasteiger partial charge in [0.15, 0.2) is 0 Å². The van der Waals surface area contributed by atoms with E-state index in [4.69, 9.17) is 0 Å². The van der Waals surface area contributed by atoms with Crippen molar-refractivity contribution in [2.24, 2.45) is 5.41 Å². The standard InChI is InChI=1S/C24H28F5N3O3/c1-5-6-7-10-17(13-18-11-8-9-12-19(18)31-15-33)16(2)32-21(35)22(3,4)20(34)30-14-23(25,26)24(27,28)29/h5-13,15-16H,14H2,1-4H3,(H,30,34)(H,31,33)(H,32,35)/b6-5-,10-7-,17-13-. The third-order valence-corrected chi connectivity index (χ3v) is 4.96. The van der Waals surface area contributed by atoms with Crippen LogP contribution in [0.5, 0.6) is 0 Å². The van der Waals surface area contributed by atoms with Crippen LogP contribution in [0.3, 0.4) is 0 Å². The number of allylic oxidation sites excluding steroid dienone is 3. The molecule has 0 fully saturated rings. The minimum absolute atomic E-state index is 0.503. The Kier molecular flexibility index (Phi) is 10.4. The lowest BCUT2D eigenvalue weighted by molar-refractivity contribution is -0.278. The van der Waals surface area contributed by atoms with Gasteiger partial charge in [0.2, 0.25) is 18.2 Å². The number of nitrogens with one attached hydrogen (secondary N) is 3. The molecule has 6 nitrogen and oxygen atoms in total. The first-order chi connectivity index (χ1) is 16.2. The second-order valence-electron chi connectivity index (χ2n) is 8.08. The second kappa shape index (κ2) is 12.3. The molecule has 0 radical (unpaired) electrons. The van der Waals surface area contributed by atoms with E-state index >= 15 is 0 Å². The lowest BCUT2D eigenvalue weighted by Gasteiger charge is -2.27. The summed E-state index contributed by atoms with van der Waals surface area (Å²) < 4.78 is 63.4. The maximum atomic E-state index is 13.2. The highest BCUT2D eigenvalue weighted by molar-refractivity contribution is 6.04. The molecule has 3 N–H and O–H groups in total. The van der Waals surface area contributed by atoms with Gasteiger partial charge in [-0.25, -0.2) is 0 Å². The lowest BCUT2D eigenvalue weighted by atomic mass is 9.90. The van der Waals surface area contributed by atoms with Crippen LogP contribution < -0.4 is 16.0 Å². The molecule has 0 saturated heterocycles. The molecular weight excluding hydrogens is 473 g/mol. The van der Waals surface area contributed by atoms with Gasteiger partial charge < -0.3 is 16.0 Å². The van der Waals surface area contributed by atoms with Crippen LogP contribution in [0.15, 0.2) is 54.1 Å². The van der Waals surface area contributed by atoms with Crippen LogP contribution >= 0.6 is 0 Å². The summed E-state index contributed by atoms with van der Waals surface area (Å²) in [5, 5.41) is 6.65. The van der Waals surface area contributed by atoms with Gasteiger partial charge in [-0.15, -0.1) is 0 Å². The zero-order valence-corrected chi connectivity index (χ0v) is 19.7. The SMILES string of the molecule is C\C=C/C=C\C(=C\c1ccccc1NC=O)C(C)NC(=O)C(C)(C)C(=O)NCC(F)(F)C(F)(F)F. The van der Waals surface area contributed by atoms with Gasteiger partial charge >= 0.3 is 12.1 Å². The molecule has 0 aliphatic heterocycles. The van der Waals surface area contributed by atoms with Crippen molar-refractivity contribution in [3.63, 3.8) is 0 Å². The van der Waals surface area contributed by atoms with Crippen LogP contribution in [-0.4, -0.2) is 42.9 Å². The molecule has 1 atom stereocenters. The van der Waals surface area contributed by atoms with E-state index in [9.17, 15) is 36.3 Å². The Morgan fingerprint density at radius 2 is 1.66 bits per heavy atom. The zero-order valence-electron chi connectivity index (χ0n) is 19.7. The number of rotatable bonds is 11. The second-order valence-corrected chi connectivity index (χ2v) is 8.08. The summed E-state index contributed by atoms with van der Waals surface area (Å²) >= 11 is 0. The van der Waals surface area contributed by atoms with Crippen molar-refractivity contribution in [2.75, 3.05) is 11.9 Å². The number of hydrogen-bond acceptors (Lipinski definition) is 3. The van der Waals surface area contributed by atoms with Crippen LogP contribution in [0.4, 0.5) is 27.6 Å². The molecule has 3 amide bonds. The van der Waals surface area contributed by atoms with Gasteiger partial charge in [-0.3, -0.25) is 14.4 Å². The molecule has 0 heterocycles. The Balaban J connectivity index is 3.12. The molecule has 0 saturated carbocycles. The first kappa shape index (κ1) is 29.5. The number of halogens is 5. The third-order valence-electron chi connectivity index (χ3n) is 4.96. The highest BCUT2D eigenvalue weighted by Gasteiger charge is 2.57. The van der Waals surface area contributed by atoms with Crippen molar-refractivity contribution in [3.8, 4) is 0 Å². The van der Waals surface area contributed by atoms with E-state index in [0.717, 1.165) is 13.8 Å². The van der Waals surface area contributed by atoms with E-state index in [1.807, 2.05) is 0 Å². The molecule has 192 valence electrons. The summed E-state index contributed by atoms with van der Waals surface area (Å²) in [6.45, 7) is 3.63. The van der Waals surface area contributed by atoms with Crippen molar-refractivity contribution in [1.82, 2.24) is 10.6 Å². The summed E-state index contributed by atoms with van der Waals surface area (Å²) in [6.07, 6.45) is 3.24. The third kappa shape index (κ3) is 8.34. The molecule has 1 aromatic rings. The Hall–Kier alpha value is -3.50. The number of amides is 3. The van der Waals surface area contributed by atoms with Crippen molar-refractivity contribution >= 4 is 30.0 Å². The number of alkyl halides is 5. The maximum absolute atomic E-state index is 13.2. The lowest BCUT2D eigenvalue weighted by Crippen LogP contribution is -2.54. The molecule has 0 aromatic heterocycles. The van der Waals surface area contributed by atoms with Crippen LogP contribution in [-0.2, 0) is 14.4 Å². The normalized spacial score (nSPS) is 14.1. The molecule has 0 spiro atoms. The Morgan fingerprint density at radius 1 is 1.03 bits per heavy atom. The summed E-state index contributed by atoms with van der Waals surface area (Å²) in [7, 11) is 0. The summed E-state index contributed by atoms with van der Waals surface area (Å²) in [4.78, 5) is 36.0. The minimum atomic E-state index is -5.84. The fraction of sp³-hybridized carbons (Fsp3) is 0.375. The van der Waals surface area contributed by atoms with Crippen LogP contribution in [0, 0.1) is 5.41 Å². The summed E-state index contributed by atoms with van der Waals surface area (Å²) in [5.41, 5.74) is -0.280. The number of benzene rings is 1. The smallest absolute Gasteiger partial charge is 0.349 e. The number of anilines is 1. The van der Waals surface area contributed by atoms with Gasteiger partial charge in [-0.2, -0.15) is 22.0 Å². The maximum Gasteiger partial charge on any atom is 0.455 e. The van der Waals surface area contributed by atoms with Crippen molar-refractivity contribution in [2.45, 2.75) is 45.8 Å². The van der Waals surface area contributed by atoms with Gasteiger partial charge in [0.25, 0.3) is 0 Å². The van der Waals surface area contributed by atoms with Crippen LogP contribution in [0.1, 0.15) is 33.3 Å². The first-order valence-electron chi connectivity index (χ1n) is 10.5. The van der Waals surface area contributed by atoms with Crippen molar-refractivity contribution in [3.05, 3.63) is 59.7 Å². The molecular formula is C24H28F5N3O3. The molecule has 0 bridgehead atoms. The highest BCUT2D eigenvalue weighted by atomic mass is 19.4. The Bertz CT molecular complexity index is 998. The topological polar surface area (TPSA) is 87.3 Å². The van der Waals surface area contributed by atoms with Gasteiger partial charge in [0.05, 0.1) is 12.6 Å². The van der Waals surface area contributed by atoms with Gasteiger partial charge in [0.1, 0.15) is 5.41 Å². The largest absolute Gasteiger partial charge is 0.455 e. The molecule has 1 rings (SSSR count). The quantitative estimate of drug-likeness (QED) is 0.179. The number of hydrogen-bond donors (Lipinski definition) is 3. The first-order valence-corrected chi connectivity index (χ1v) is 10.5. The molecule has 11 heteroatoms. The summed E-state index contributed by atoms with van der Waals surface area (Å²) in [6, 6.07) is 6.13. The van der Waals surface area contributed by atoms with Gasteiger partial charge in [-0.05, 0) is 51.0 Å². The average molecular weight is 501 g/mol. The number of carbonyl (C=O) groups is 3. The van der Waals surface area contributed by atoms with E-state index in [-0.39, 0.29) is 0 Å². The molecule has 0 aliphatic rings. The average Bonchev–Trinajstić information content (AvgIpc) is 2.77. The molecule has 1 unspecified atom stereocenters. The number of carbonyl (C=O) groups excluding carboxylic acids is 3. The van der Waals surface area contributed by atoms with E-state index < -0.39 is 41.9 Å². The van der Waals surface area contributed by atoms with E-state index in [1.54, 1.807) is 68.5 Å². The predicted octanol–water partition coefficient (Wildman–Crippen LogP) is 4.62. The molecule has 1 aromatic carbocycles. The van der Waals surface area contributed by atoms with Gasteiger partial charge in [-0.1, -0.05) is 42.5 Å². The predicted molar refractivity (Wildman–Crippen MR) is 123 cm³/mol. The van der Waals surface area contributed by atoms with E-state index in [2.05, 4.69) is 10.6 Å². The Morgan fingerprint density at radius 3 is 2.23 bits per heavy atom. The minimum Gasteiger partial charge on any atom is -0.349 e. The van der Waals surface area contributed by atoms with Gasteiger partial charge in [0, 0.05) is 5.69 Å². The van der Waals surface area contributed by atoms with Crippen molar-refractivity contribution < 1.29 is 36.3 Å². The zero-order chi connectivity index (χ0) is 26.9. The Labute approximate surface area is 200 Å². The fourth-order valence-electron chi connectivity index (χ4n) is 2.67. The molecule has 0 aliphatic carbocycles. The monoisotopic (exact) mass is 501 g/mol. The fourth-order valence-corrected chi connectivity index (χ4v) is 2.67. The van der Waals surface area contributed by atoms with E-state index in [1.165, 1.54) is 5.32 Å². The summed E-state index contributed by atoms with van der Waals surface area (Å²) in [5.74, 6) is -7.32. The molecule has 35 heavy (non-hydrogen) atoms. The van der Waals surface area contributed by atoms with Crippen LogP contribution in [0.25, 0.3) is 6.08 Å².